The van der Waals surface area contributed by atoms with Gasteiger partial charge in [0.1, 0.15) is 18.3 Å². The monoisotopic (exact) mass is 303 g/mol. The van der Waals surface area contributed by atoms with E-state index in [1.54, 1.807) is 34.2 Å². The molecule has 7 heteroatoms. The standard InChI is InChI=1S/C14H14ClN5O/c15-13-5-2-1-4-12(13)14(21,8-19-7-3-6-17-19)9-20-11-16-10-18-20/h1-7,10-11,21H,8-9H2. The van der Waals surface area contributed by atoms with E-state index in [1.165, 1.54) is 6.33 Å². The number of benzene rings is 1. The first-order chi connectivity index (χ1) is 10.2. The van der Waals surface area contributed by atoms with Gasteiger partial charge in [-0.05, 0) is 12.1 Å². The third kappa shape index (κ3) is 2.96. The van der Waals surface area contributed by atoms with Gasteiger partial charge >= 0.3 is 0 Å². The number of aromatic nitrogens is 5. The molecule has 3 rings (SSSR count). The van der Waals surface area contributed by atoms with Crippen molar-refractivity contribution in [1.29, 1.82) is 0 Å². The average Bonchev–Trinajstić information content (AvgIpc) is 3.13. The fraction of sp³-hybridized carbons (Fsp3) is 0.214. The van der Waals surface area contributed by atoms with Gasteiger partial charge in [0.15, 0.2) is 0 Å². The zero-order valence-corrected chi connectivity index (χ0v) is 11.9. The molecule has 1 unspecified atom stereocenters. The fourth-order valence-electron chi connectivity index (χ4n) is 2.30. The first-order valence-electron chi connectivity index (χ1n) is 6.45. The van der Waals surface area contributed by atoms with E-state index in [4.69, 9.17) is 11.6 Å². The molecule has 0 aliphatic rings. The van der Waals surface area contributed by atoms with E-state index < -0.39 is 5.60 Å². The second-order valence-electron chi connectivity index (χ2n) is 4.81. The van der Waals surface area contributed by atoms with Crippen LogP contribution in [0.3, 0.4) is 0 Å². The van der Waals surface area contributed by atoms with E-state index in [0.717, 1.165) is 0 Å². The first-order valence-corrected chi connectivity index (χ1v) is 6.82. The summed E-state index contributed by atoms with van der Waals surface area (Å²) in [5.41, 5.74) is -0.601. The summed E-state index contributed by atoms with van der Waals surface area (Å²) in [7, 11) is 0. The molecular formula is C14H14ClN5O. The highest BCUT2D eigenvalue weighted by Gasteiger charge is 2.33. The molecule has 0 saturated heterocycles. The molecule has 0 bridgehead atoms. The summed E-state index contributed by atoms with van der Waals surface area (Å²) in [5.74, 6) is 0. The van der Waals surface area contributed by atoms with Gasteiger partial charge in [0, 0.05) is 23.0 Å². The van der Waals surface area contributed by atoms with Gasteiger partial charge in [-0.1, -0.05) is 29.8 Å². The number of rotatable bonds is 5. The Hall–Kier alpha value is -2.18. The SMILES string of the molecule is OC(Cn1cccn1)(Cn1cncn1)c1ccccc1Cl. The molecular weight excluding hydrogens is 290 g/mol. The lowest BCUT2D eigenvalue weighted by Gasteiger charge is -2.29. The Kier molecular flexibility index (Phi) is 3.72. The van der Waals surface area contributed by atoms with Crippen molar-refractivity contribution in [2.75, 3.05) is 0 Å². The summed E-state index contributed by atoms with van der Waals surface area (Å²) < 4.78 is 3.24. The minimum Gasteiger partial charge on any atom is -0.381 e. The molecule has 0 fully saturated rings. The first kappa shape index (κ1) is 13.8. The van der Waals surface area contributed by atoms with Gasteiger partial charge in [0.25, 0.3) is 0 Å². The predicted octanol–water partition coefficient (Wildman–Crippen LogP) is 1.72. The van der Waals surface area contributed by atoms with Crippen molar-refractivity contribution in [3.8, 4) is 0 Å². The van der Waals surface area contributed by atoms with Crippen LogP contribution in [-0.4, -0.2) is 29.7 Å². The van der Waals surface area contributed by atoms with Crippen LogP contribution in [0.1, 0.15) is 5.56 Å². The summed E-state index contributed by atoms with van der Waals surface area (Å²) in [6.45, 7) is 0.500. The highest BCUT2D eigenvalue weighted by Crippen LogP contribution is 2.31. The lowest BCUT2D eigenvalue weighted by atomic mass is 9.93. The van der Waals surface area contributed by atoms with Crippen LogP contribution >= 0.6 is 11.6 Å². The van der Waals surface area contributed by atoms with Gasteiger partial charge < -0.3 is 5.11 Å². The highest BCUT2D eigenvalue weighted by molar-refractivity contribution is 6.31. The van der Waals surface area contributed by atoms with Crippen molar-refractivity contribution in [3.63, 3.8) is 0 Å². The minimum absolute atomic E-state index is 0.233. The Bertz CT molecular complexity index is 660. The van der Waals surface area contributed by atoms with E-state index in [0.29, 0.717) is 10.6 Å². The van der Waals surface area contributed by atoms with Crippen molar-refractivity contribution >= 4 is 11.6 Å². The lowest BCUT2D eigenvalue weighted by Crippen LogP contribution is -2.37. The molecule has 0 saturated carbocycles. The van der Waals surface area contributed by atoms with E-state index in [-0.39, 0.29) is 13.1 Å². The van der Waals surface area contributed by atoms with Gasteiger partial charge in [0.05, 0.1) is 13.1 Å². The van der Waals surface area contributed by atoms with Crippen LogP contribution in [0.2, 0.25) is 5.02 Å². The summed E-state index contributed by atoms with van der Waals surface area (Å²) >= 11 is 6.25. The number of hydrogen-bond acceptors (Lipinski definition) is 4. The molecule has 21 heavy (non-hydrogen) atoms. The Morgan fingerprint density at radius 3 is 2.57 bits per heavy atom. The van der Waals surface area contributed by atoms with Gasteiger partial charge in [-0.15, -0.1) is 0 Å². The van der Waals surface area contributed by atoms with Crippen LogP contribution < -0.4 is 0 Å². The molecule has 1 N–H and O–H groups in total. The van der Waals surface area contributed by atoms with Crippen LogP contribution in [0.25, 0.3) is 0 Å². The topological polar surface area (TPSA) is 68.8 Å². The van der Waals surface area contributed by atoms with Gasteiger partial charge in [-0.3, -0.25) is 4.68 Å². The third-order valence-corrected chi connectivity index (χ3v) is 3.58. The molecule has 2 aromatic heterocycles. The maximum Gasteiger partial charge on any atom is 0.137 e. The number of hydrogen-bond donors (Lipinski definition) is 1. The van der Waals surface area contributed by atoms with Crippen LogP contribution in [0, 0.1) is 0 Å². The Balaban J connectivity index is 1.99. The van der Waals surface area contributed by atoms with E-state index in [1.807, 2.05) is 24.3 Å². The van der Waals surface area contributed by atoms with Crippen LogP contribution in [-0.2, 0) is 18.7 Å². The molecule has 6 nitrogen and oxygen atoms in total. The summed E-state index contributed by atoms with van der Waals surface area (Å²) in [6.07, 6.45) is 6.46. The van der Waals surface area contributed by atoms with Gasteiger partial charge in [-0.2, -0.15) is 10.2 Å². The molecule has 0 aliphatic heterocycles. The van der Waals surface area contributed by atoms with Gasteiger partial charge in [0.2, 0.25) is 0 Å². The normalized spacial score (nSPS) is 14.0. The van der Waals surface area contributed by atoms with Crippen molar-refractivity contribution in [2.24, 2.45) is 0 Å². The number of halogens is 1. The molecule has 1 atom stereocenters. The fourth-order valence-corrected chi connectivity index (χ4v) is 2.61. The van der Waals surface area contributed by atoms with Crippen LogP contribution in [0.5, 0.6) is 0 Å². The molecule has 0 amide bonds. The van der Waals surface area contributed by atoms with E-state index in [2.05, 4.69) is 15.2 Å². The van der Waals surface area contributed by atoms with Crippen molar-refractivity contribution in [1.82, 2.24) is 24.5 Å². The second-order valence-corrected chi connectivity index (χ2v) is 5.22. The minimum atomic E-state index is -1.24. The van der Waals surface area contributed by atoms with Crippen LogP contribution in [0.15, 0.2) is 55.4 Å². The van der Waals surface area contributed by atoms with E-state index in [9.17, 15) is 5.11 Å². The number of nitrogens with zero attached hydrogens (tertiary/aromatic N) is 5. The highest BCUT2D eigenvalue weighted by atomic mass is 35.5. The molecule has 0 aliphatic carbocycles. The van der Waals surface area contributed by atoms with E-state index >= 15 is 0 Å². The maximum absolute atomic E-state index is 11.2. The summed E-state index contributed by atoms with van der Waals surface area (Å²) in [4.78, 5) is 3.90. The smallest absolute Gasteiger partial charge is 0.137 e. The maximum atomic E-state index is 11.2. The third-order valence-electron chi connectivity index (χ3n) is 3.25. The van der Waals surface area contributed by atoms with Crippen LogP contribution in [0.4, 0.5) is 0 Å². The van der Waals surface area contributed by atoms with Crippen molar-refractivity contribution in [2.45, 2.75) is 18.7 Å². The quantitative estimate of drug-likeness (QED) is 0.779. The Labute approximate surface area is 126 Å². The summed E-state index contributed by atoms with van der Waals surface area (Å²) in [6, 6.07) is 9.05. The number of aliphatic hydroxyl groups is 1. The Morgan fingerprint density at radius 2 is 1.90 bits per heavy atom. The molecule has 1 aromatic carbocycles. The zero-order chi connectivity index (χ0) is 14.7. The lowest BCUT2D eigenvalue weighted by molar-refractivity contribution is -0.00522. The summed E-state index contributed by atoms with van der Waals surface area (Å²) in [5, 5.41) is 19.9. The van der Waals surface area contributed by atoms with Crippen molar-refractivity contribution < 1.29 is 5.11 Å². The molecule has 108 valence electrons. The Morgan fingerprint density at radius 1 is 1.10 bits per heavy atom. The average molecular weight is 304 g/mol. The van der Waals surface area contributed by atoms with Gasteiger partial charge in [-0.25, -0.2) is 9.67 Å². The zero-order valence-electron chi connectivity index (χ0n) is 11.2. The molecule has 2 heterocycles. The predicted molar refractivity (Wildman–Crippen MR) is 77.6 cm³/mol. The van der Waals surface area contributed by atoms with Crippen molar-refractivity contribution in [3.05, 3.63) is 66.0 Å². The molecule has 0 spiro atoms. The second kappa shape index (κ2) is 5.67. The molecule has 3 aromatic rings. The molecule has 0 radical (unpaired) electrons. The largest absolute Gasteiger partial charge is 0.381 e.